The fraction of sp³-hybridized carbons (Fsp3) is 0.417. The summed E-state index contributed by atoms with van der Waals surface area (Å²) in [5, 5.41) is 7.16. The minimum atomic E-state index is -4.66. The average Bonchev–Trinajstić information content (AvgIpc) is 3.57. The zero-order valence-electron chi connectivity index (χ0n) is 31.4. The fourth-order valence-corrected chi connectivity index (χ4v) is 6.16. The lowest BCUT2D eigenvalue weighted by Gasteiger charge is -2.25. The van der Waals surface area contributed by atoms with E-state index < -0.39 is 93.1 Å². The van der Waals surface area contributed by atoms with Gasteiger partial charge in [-0.05, 0) is 25.0 Å². The smallest absolute Gasteiger partial charge is 0.460 e. The van der Waals surface area contributed by atoms with Crippen molar-refractivity contribution in [2.24, 2.45) is 5.73 Å². The van der Waals surface area contributed by atoms with E-state index in [2.05, 4.69) is 40.7 Å². The summed E-state index contributed by atoms with van der Waals surface area (Å²) < 4.78 is 52.6. The molecule has 5 N–H and O–H groups in total. The molecule has 3 rings (SSSR count). The van der Waals surface area contributed by atoms with Crippen LogP contribution in [-0.2, 0) is 62.7 Å². The predicted molar refractivity (Wildman–Crippen MR) is 202 cm³/mol. The molecule has 0 bridgehead atoms. The number of hydrogen-bond donors (Lipinski definition) is 4. The largest absolute Gasteiger partial charge is 0.475 e. The van der Waals surface area contributed by atoms with Crippen LogP contribution >= 0.6 is 7.82 Å². The second-order valence-corrected chi connectivity index (χ2v) is 13.8. The van der Waals surface area contributed by atoms with Crippen LogP contribution in [0.1, 0.15) is 32.1 Å². The third kappa shape index (κ3) is 15.2. The van der Waals surface area contributed by atoms with Gasteiger partial charge >= 0.3 is 31.5 Å². The molecule has 3 amide bonds. The first-order chi connectivity index (χ1) is 27.2. The Morgan fingerprint density at radius 1 is 0.982 bits per heavy atom. The van der Waals surface area contributed by atoms with Gasteiger partial charge in [-0.15, -0.1) is 6.58 Å². The van der Waals surface area contributed by atoms with Crippen molar-refractivity contribution < 1.29 is 61.1 Å². The summed E-state index contributed by atoms with van der Waals surface area (Å²) >= 11 is 0. The minimum Gasteiger partial charge on any atom is -0.460 e. The lowest BCUT2D eigenvalue weighted by Crippen LogP contribution is -2.56. The number of benzene rings is 1. The summed E-state index contributed by atoms with van der Waals surface area (Å²) in [6.45, 7) is 11.0. The Morgan fingerprint density at radius 2 is 1.67 bits per heavy atom. The van der Waals surface area contributed by atoms with E-state index in [0.29, 0.717) is 0 Å². The van der Waals surface area contributed by atoms with Gasteiger partial charge in [0, 0.05) is 19.5 Å². The van der Waals surface area contributed by atoms with Gasteiger partial charge in [0.2, 0.25) is 11.8 Å². The molecule has 0 saturated carbocycles. The third-order valence-corrected chi connectivity index (χ3v) is 9.07. The van der Waals surface area contributed by atoms with Gasteiger partial charge in [-0.1, -0.05) is 61.7 Å². The third-order valence-electron chi connectivity index (χ3n) is 7.67. The first-order valence-electron chi connectivity index (χ1n) is 17.5. The monoisotopic (exact) mass is 818 g/mol. The number of rotatable bonds is 23. The number of hydrogen-bond acceptors (Lipinski definition) is 16. The molecule has 57 heavy (non-hydrogen) atoms. The van der Waals surface area contributed by atoms with Crippen molar-refractivity contribution in [1.29, 1.82) is 0 Å². The van der Waals surface area contributed by atoms with Crippen LogP contribution in [0.3, 0.4) is 0 Å². The van der Waals surface area contributed by atoms with Gasteiger partial charge in [-0.2, -0.15) is 4.98 Å². The quantitative estimate of drug-likeness (QED) is 0.0539. The maximum Gasteiger partial charge on any atom is 0.475 e. The van der Waals surface area contributed by atoms with Gasteiger partial charge in [-0.3, -0.25) is 37.8 Å². The van der Waals surface area contributed by atoms with Crippen molar-refractivity contribution in [2.45, 2.75) is 63.3 Å². The lowest BCUT2D eigenvalue weighted by molar-refractivity contribution is -0.150. The zero-order valence-corrected chi connectivity index (χ0v) is 32.3. The van der Waals surface area contributed by atoms with Crippen molar-refractivity contribution in [2.75, 3.05) is 38.4 Å². The molecule has 1 aliphatic rings. The normalized spacial score (nSPS) is 18.7. The number of esters is 2. The second-order valence-electron chi connectivity index (χ2n) is 12.2. The molecular formula is C36H47N6O14P. The van der Waals surface area contributed by atoms with E-state index in [9.17, 15) is 33.3 Å². The first kappa shape index (κ1) is 45.9. The first-order valence-corrected chi connectivity index (χ1v) is 18.9. The van der Waals surface area contributed by atoms with Crippen molar-refractivity contribution in [1.82, 2.24) is 20.2 Å². The Balaban J connectivity index is 1.78. The fourth-order valence-electron chi connectivity index (χ4n) is 4.98. The topological polar surface area (TPSA) is 264 Å². The van der Waals surface area contributed by atoms with Gasteiger partial charge in [0.25, 0.3) is 0 Å². The summed E-state index contributed by atoms with van der Waals surface area (Å²) in [5.74, 6) is -3.31. The molecule has 1 saturated heterocycles. The van der Waals surface area contributed by atoms with Crippen molar-refractivity contribution >= 4 is 43.5 Å². The molecule has 1 unspecified atom stereocenters. The SMILES string of the molecule is C=CCOC(=O)Nc1ccn([C@H]2C[C@H](OC(C)=O)[C@@H](COP(=O)(OCC=C)OC[C@H](NC(=O)[C@@H](N)Cc3ccccc3)C(=O)N[C@@H](C)C(=O)OCC=C)O2)c(=O)n1. The number of anilines is 1. The Bertz CT molecular complexity index is 1840. The molecular weight excluding hydrogens is 771 g/mol. The summed E-state index contributed by atoms with van der Waals surface area (Å²) in [6.07, 6.45) is 1.12. The molecule has 2 aromatic rings. The molecule has 2 heterocycles. The van der Waals surface area contributed by atoms with Crippen molar-refractivity contribution in [3.8, 4) is 0 Å². The van der Waals surface area contributed by atoms with Gasteiger partial charge in [-0.25, -0.2) is 18.9 Å². The average molecular weight is 819 g/mol. The highest BCUT2D eigenvalue weighted by atomic mass is 31.2. The van der Waals surface area contributed by atoms with Crippen LogP contribution in [0.4, 0.5) is 10.6 Å². The number of aromatic nitrogens is 2. The molecule has 1 aromatic heterocycles. The Kier molecular flexibility index (Phi) is 18.4. The van der Waals surface area contributed by atoms with E-state index in [0.717, 1.165) is 17.1 Å². The molecule has 310 valence electrons. The highest BCUT2D eigenvalue weighted by Gasteiger charge is 2.42. The zero-order chi connectivity index (χ0) is 42.0. The summed E-state index contributed by atoms with van der Waals surface area (Å²) in [5.41, 5.74) is 6.04. The summed E-state index contributed by atoms with van der Waals surface area (Å²) in [6, 6.07) is 6.25. The van der Waals surface area contributed by atoms with E-state index in [1.807, 2.05) is 0 Å². The summed E-state index contributed by atoms with van der Waals surface area (Å²) in [7, 11) is -4.66. The molecule has 1 fully saturated rings. The maximum absolute atomic E-state index is 13.9. The molecule has 0 aliphatic carbocycles. The lowest BCUT2D eigenvalue weighted by atomic mass is 10.1. The Hall–Kier alpha value is -5.50. The number of nitrogens with zero attached hydrogens (tertiary/aromatic N) is 2. The van der Waals surface area contributed by atoms with Crippen LogP contribution in [0.25, 0.3) is 0 Å². The number of phosphoric ester groups is 1. The molecule has 1 aromatic carbocycles. The van der Waals surface area contributed by atoms with E-state index in [4.69, 9.17) is 38.3 Å². The predicted octanol–water partition coefficient (Wildman–Crippen LogP) is 1.83. The van der Waals surface area contributed by atoms with Gasteiger partial charge < -0.3 is 35.3 Å². The van der Waals surface area contributed by atoms with Crippen LogP contribution in [0.15, 0.2) is 85.4 Å². The van der Waals surface area contributed by atoms with Crippen LogP contribution < -0.4 is 27.4 Å². The van der Waals surface area contributed by atoms with Crippen LogP contribution in [-0.4, -0.2) is 103 Å². The maximum atomic E-state index is 13.9. The molecule has 20 nitrogen and oxygen atoms in total. The van der Waals surface area contributed by atoms with E-state index in [1.54, 1.807) is 30.3 Å². The van der Waals surface area contributed by atoms with Gasteiger partial charge in [0.15, 0.2) is 0 Å². The Morgan fingerprint density at radius 3 is 2.32 bits per heavy atom. The van der Waals surface area contributed by atoms with E-state index >= 15 is 0 Å². The van der Waals surface area contributed by atoms with E-state index in [-0.39, 0.29) is 38.5 Å². The summed E-state index contributed by atoms with van der Waals surface area (Å²) in [4.78, 5) is 79.5. The number of ether oxygens (including phenoxy) is 4. The molecule has 0 spiro atoms. The van der Waals surface area contributed by atoms with Crippen molar-refractivity contribution in [3.63, 3.8) is 0 Å². The number of carbonyl (C=O) groups excluding carboxylic acids is 5. The molecule has 7 atom stereocenters. The van der Waals surface area contributed by atoms with E-state index in [1.165, 1.54) is 37.4 Å². The number of nitrogens with one attached hydrogen (secondary N) is 3. The standard InChI is InChI=1S/C36H47N6O14P/c1-6-16-50-34(46)23(4)38-33(45)27(39-32(44)26(37)19-25-12-10-9-11-13-25)21-53-57(49,52-18-8-3)54-22-29-28(55-24(5)43)20-31(56-29)42-15-14-30(40-35(42)47)41-36(48)51-17-7-2/h6-15,23,26-29,31H,1-3,16-22,37H2,4-5H3,(H,38,45)(H,39,44)(H,40,41,47,48)/t23-,26-,27-,28-,29+,31+,57?/m0/s1. The van der Waals surface area contributed by atoms with Crippen LogP contribution in [0.5, 0.6) is 0 Å². The number of phosphoric acid groups is 1. The van der Waals surface area contributed by atoms with Gasteiger partial charge in [0.1, 0.15) is 49.6 Å². The number of carbonyl (C=O) groups is 5. The second kappa shape index (κ2) is 22.9. The minimum absolute atomic E-state index is 0.0687. The number of amides is 3. The van der Waals surface area contributed by atoms with Crippen LogP contribution in [0.2, 0.25) is 0 Å². The highest BCUT2D eigenvalue weighted by molar-refractivity contribution is 7.48. The molecule has 21 heteroatoms. The number of nitrogens with two attached hydrogens (primary N) is 1. The highest BCUT2D eigenvalue weighted by Crippen LogP contribution is 2.50. The van der Waals surface area contributed by atoms with Crippen molar-refractivity contribution in [3.05, 3.63) is 96.6 Å². The van der Waals surface area contributed by atoms with Crippen LogP contribution in [0, 0.1) is 0 Å². The van der Waals surface area contributed by atoms with Gasteiger partial charge in [0.05, 0.1) is 25.9 Å². The molecule has 0 radical (unpaired) electrons. The Labute approximate surface area is 328 Å². The molecule has 1 aliphatic heterocycles.